The number of benzene rings is 1. The van der Waals surface area contributed by atoms with Crippen LogP contribution < -0.4 is 5.32 Å². The van der Waals surface area contributed by atoms with Crippen molar-refractivity contribution in [2.24, 2.45) is 0 Å². The molecule has 1 aromatic rings. The van der Waals surface area contributed by atoms with Crippen LogP contribution in [0.2, 0.25) is 0 Å². The Balaban J connectivity index is 2.42. The van der Waals surface area contributed by atoms with Gasteiger partial charge in [-0.05, 0) is 18.9 Å². The van der Waals surface area contributed by atoms with Crippen LogP contribution in [-0.4, -0.2) is 13.0 Å². The third-order valence-electron chi connectivity index (χ3n) is 1.73. The van der Waals surface area contributed by atoms with Crippen molar-refractivity contribution in [3.05, 3.63) is 35.4 Å². The molecule has 0 aromatic heterocycles. The van der Waals surface area contributed by atoms with Crippen LogP contribution in [0.1, 0.15) is 11.1 Å². The Hall–Kier alpha value is -1.31. The molecule has 0 fully saturated rings. The van der Waals surface area contributed by atoms with Crippen molar-refractivity contribution in [3.8, 4) is 0 Å². The smallest absolute Gasteiger partial charge is 0.309 e. The van der Waals surface area contributed by atoms with Crippen molar-refractivity contribution >= 4 is 6.41 Å². The quantitative estimate of drug-likeness (QED) is 0.523. The lowest BCUT2D eigenvalue weighted by Crippen LogP contribution is -2.14. The minimum absolute atomic E-state index is 0.659. The van der Waals surface area contributed by atoms with Gasteiger partial charge in [-0.2, -0.15) is 0 Å². The first-order valence-electron chi connectivity index (χ1n) is 3.98. The highest BCUT2D eigenvalue weighted by Crippen LogP contribution is 2.02. The van der Waals surface area contributed by atoms with Gasteiger partial charge in [0.2, 0.25) is 0 Å². The van der Waals surface area contributed by atoms with Gasteiger partial charge in [-0.1, -0.05) is 29.8 Å². The maximum absolute atomic E-state index is 9.81. The van der Waals surface area contributed by atoms with Gasteiger partial charge in [-0.25, -0.2) is 0 Å². The fourth-order valence-electron chi connectivity index (χ4n) is 1.01. The summed E-state index contributed by atoms with van der Waals surface area (Å²) < 4.78 is 0. The molecule has 0 saturated heterocycles. The van der Waals surface area contributed by atoms with Crippen LogP contribution in [0.3, 0.4) is 0 Å². The van der Waals surface area contributed by atoms with E-state index in [1.807, 2.05) is 0 Å². The molecule has 1 aromatic carbocycles. The lowest BCUT2D eigenvalue weighted by atomic mass is 10.1. The van der Waals surface area contributed by atoms with E-state index in [-0.39, 0.29) is 0 Å². The largest absolute Gasteiger partial charge is 0.348 e. The summed E-state index contributed by atoms with van der Waals surface area (Å²) in [5.74, 6) is 0. The van der Waals surface area contributed by atoms with Crippen molar-refractivity contribution in [3.63, 3.8) is 0 Å². The van der Waals surface area contributed by atoms with E-state index in [0.29, 0.717) is 6.54 Å². The number of amides is 1. The summed E-state index contributed by atoms with van der Waals surface area (Å²) in [7, 11) is 0. The molecule has 0 bridgehead atoms. The van der Waals surface area contributed by atoms with Gasteiger partial charge in [0.25, 0.3) is 0 Å². The molecular weight excluding hydrogens is 150 g/mol. The number of hydrogen-bond donors (Lipinski definition) is 1. The van der Waals surface area contributed by atoms with Crippen LogP contribution in [0.4, 0.5) is 0 Å². The molecule has 2 nitrogen and oxygen atoms in total. The Kier molecular flexibility index (Phi) is 3.33. The molecular formula is C10H12NO. The Labute approximate surface area is 72.6 Å². The van der Waals surface area contributed by atoms with E-state index in [0.717, 1.165) is 6.42 Å². The first-order valence-corrected chi connectivity index (χ1v) is 3.98. The highest BCUT2D eigenvalue weighted by molar-refractivity contribution is 5.46. The second-order valence-electron chi connectivity index (χ2n) is 2.76. The van der Waals surface area contributed by atoms with Crippen molar-refractivity contribution in [1.29, 1.82) is 0 Å². The summed E-state index contributed by atoms with van der Waals surface area (Å²) in [5, 5.41) is 2.51. The Bertz CT molecular complexity index is 241. The van der Waals surface area contributed by atoms with Gasteiger partial charge in [0.1, 0.15) is 0 Å². The molecule has 0 spiro atoms. The molecule has 0 aliphatic carbocycles. The zero-order valence-electron chi connectivity index (χ0n) is 7.13. The zero-order chi connectivity index (χ0) is 8.81. The molecule has 0 heterocycles. The number of carbonyl (C=O) groups excluding carboxylic acids is 1. The van der Waals surface area contributed by atoms with Crippen LogP contribution in [0, 0.1) is 6.92 Å². The summed E-state index contributed by atoms with van der Waals surface area (Å²) in [6.45, 7) is 2.72. The van der Waals surface area contributed by atoms with E-state index in [2.05, 4.69) is 36.5 Å². The Morgan fingerprint density at radius 3 is 2.58 bits per heavy atom. The normalized spacial score (nSPS) is 9.42. The van der Waals surface area contributed by atoms with Gasteiger partial charge < -0.3 is 5.32 Å². The highest BCUT2D eigenvalue weighted by atomic mass is 16.1. The lowest BCUT2D eigenvalue weighted by molar-refractivity contribution is 0.542. The van der Waals surface area contributed by atoms with Crippen LogP contribution in [0.25, 0.3) is 0 Å². The van der Waals surface area contributed by atoms with E-state index in [9.17, 15) is 4.79 Å². The Morgan fingerprint density at radius 2 is 2.00 bits per heavy atom. The van der Waals surface area contributed by atoms with Gasteiger partial charge >= 0.3 is 6.41 Å². The summed E-state index contributed by atoms with van der Waals surface area (Å²) in [6.07, 6.45) is 2.52. The summed E-state index contributed by atoms with van der Waals surface area (Å²) in [5.41, 5.74) is 2.50. The van der Waals surface area contributed by atoms with Gasteiger partial charge in [-0.15, -0.1) is 0 Å². The van der Waals surface area contributed by atoms with E-state index in [1.165, 1.54) is 11.1 Å². The second-order valence-corrected chi connectivity index (χ2v) is 2.76. The monoisotopic (exact) mass is 162 g/mol. The molecule has 1 rings (SSSR count). The van der Waals surface area contributed by atoms with E-state index < -0.39 is 0 Å². The van der Waals surface area contributed by atoms with Gasteiger partial charge in [0.15, 0.2) is 0 Å². The van der Waals surface area contributed by atoms with Crippen molar-refractivity contribution in [1.82, 2.24) is 5.32 Å². The molecule has 63 valence electrons. The predicted octanol–water partition coefficient (Wildman–Crippen LogP) is 1.19. The standard InChI is InChI=1S/C10H12NO/c1-9-2-4-10(5-3-9)6-7-11-8-12/h2-5H,6-7H2,1H3,(H,11,12). The average Bonchev–Trinajstić information content (AvgIpc) is 2.09. The third-order valence-corrected chi connectivity index (χ3v) is 1.73. The molecule has 1 N–H and O–H groups in total. The van der Waals surface area contributed by atoms with E-state index in [1.54, 1.807) is 6.41 Å². The minimum Gasteiger partial charge on any atom is -0.348 e. The maximum atomic E-state index is 9.81. The van der Waals surface area contributed by atoms with Crippen molar-refractivity contribution in [2.75, 3.05) is 6.54 Å². The number of nitrogens with one attached hydrogen (secondary N) is 1. The van der Waals surface area contributed by atoms with Crippen LogP contribution in [-0.2, 0) is 11.2 Å². The summed E-state index contributed by atoms with van der Waals surface area (Å²) in [6, 6.07) is 8.28. The fourth-order valence-corrected chi connectivity index (χ4v) is 1.01. The fraction of sp³-hybridized carbons (Fsp3) is 0.300. The summed E-state index contributed by atoms with van der Waals surface area (Å²) in [4.78, 5) is 9.81. The van der Waals surface area contributed by atoms with Gasteiger partial charge in [0, 0.05) is 6.54 Å². The molecule has 0 saturated carbocycles. The maximum Gasteiger partial charge on any atom is 0.309 e. The third kappa shape index (κ3) is 2.74. The number of aryl methyl sites for hydroxylation is 1. The van der Waals surface area contributed by atoms with Crippen LogP contribution in [0.15, 0.2) is 24.3 Å². The van der Waals surface area contributed by atoms with Crippen LogP contribution >= 0.6 is 0 Å². The van der Waals surface area contributed by atoms with E-state index in [4.69, 9.17) is 0 Å². The van der Waals surface area contributed by atoms with Gasteiger partial charge in [0.05, 0.1) is 0 Å². The summed E-state index contributed by atoms with van der Waals surface area (Å²) >= 11 is 0. The van der Waals surface area contributed by atoms with Crippen LogP contribution in [0.5, 0.6) is 0 Å². The zero-order valence-corrected chi connectivity index (χ0v) is 7.13. The Morgan fingerprint density at radius 1 is 1.33 bits per heavy atom. The highest BCUT2D eigenvalue weighted by Gasteiger charge is 1.90. The molecule has 0 aliphatic heterocycles. The predicted molar refractivity (Wildman–Crippen MR) is 48.6 cm³/mol. The minimum atomic E-state index is 0.659. The molecule has 2 heteroatoms. The first kappa shape index (κ1) is 8.78. The topological polar surface area (TPSA) is 29.1 Å². The molecule has 0 aliphatic rings. The first-order chi connectivity index (χ1) is 5.83. The van der Waals surface area contributed by atoms with Crippen molar-refractivity contribution < 1.29 is 4.79 Å². The lowest BCUT2D eigenvalue weighted by Gasteiger charge is -1.99. The second kappa shape index (κ2) is 4.54. The SMILES string of the molecule is Cc1ccc(CCN[C]=O)cc1. The number of hydrogen-bond acceptors (Lipinski definition) is 1. The molecule has 0 atom stereocenters. The van der Waals surface area contributed by atoms with Gasteiger partial charge in [-0.3, -0.25) is 4.79 Å². The van der Waals surface area contributed by atoms with E-state index >= 15 is 0 Å². The average molecular weight is 162 g/mol. The molecule has 0 unspecified atom stereocenters. The molecule has 1 amide bonds. The van der Waals surface area contributed by atoms with Crippen molar-refractivity contribution in [2.45, 2.75) is 13.3 Å². The number of rotatable bonds is 4. The molecule has 12 heavy (non-hydrogen) atoms. The molecule has 1 radical (unpaired) electrons.